The molecular formula is C17H25NO3. The lowest BCUT2D eigenvalue weighted by Gasteiger charge is -2.14. The molecule has 0 saturated carbocycles. The summed E-state index contributed by atoms with van der Waals surface area (Å²) in [5.41, 5.74) is 2.44. The summed E-state index contributed by atoms with van der Waals surface area (Å²) in [5, 5.41) is 11.5. The smallest absolute Gasteiger partial charge is 0.303 e. The average molecular weight is 291 g/mol. The molecule has 0 heterocycles. The predicted molar refractivity (Wildman–Crippen MR) is 83.3 cm³/mol. The van der Waals surface area contributed by atoms with Crippen LogP contribution in [0.3, 0.4) is 0 Å². The van der Waals surface area contributed by atoms with Gasteiger partial charge in [-0.15, -0.1) is 0 Å². The van der Waals surface area contributed by atoms with Crippen LogP contribution in [0.25, 0.3) is 0 Å². The van der Waals surface area contributed by atoms with E-state index in [0.29, 0.717) is 13.0 Å². The second-order valence-electron chi connectivity index (χ2n) is 5.71. The lowest BCUT2D eigenvalue weighted by atomic mass is 9.96. The van der Waals surface area contributed by atoms with Crippen LogP contribution in [0.2, 0.25) is 0 Å². The van der Waals surface area contributed by atoms with Crippen LogP contribution in [-0.4, -0.2) is 23.5 Å². The molecule has 2 unspecified atom stereocenters. The summed E-state index contributed by atoms with van der Waals surface area (Å²) >= 11 is 0. The first-order valence-electron chi connectivity index (χ1n) is 7.49. The zero-order valence-electron chi connectivity index (χ0n) is 13.1. The molecule has 0 fully saturated rings. The minimum Gasteiger partial charge on any atom is -0.481 e. The highest BCUT2D eigenvalue weighted by Crippen LogP contribution is 2.19. The first-order chi connectivity index (χ1) is 9.92. The molecule has 0 saturated heterocycles. The Kier molecular flexibility index (Phi) is 6.92. The van der Waals surface area contributed by atoms with Crippen molar-refractivity contribution in [1.82, 2.24) is 5.32 Å². The maximum Gasteiger partial charge on any atom is 0.303 e. The Balaban J connectivity index is 2.40. The van der Waals surface area contributed by atoms with Crippen LogP contribution in [0, 0.1) is 5.92 Å². The summed E-state index contributed by atoms with van der Waals surface area (Å²) in [6.07, 6.45) is 1.51. The summed E-state index contributed by atoms with van der Waals surface area (Å²) in [4.78, 5) is 22.4. The molecule has 1 aromatic rings. The van der Waals surface area contributed by atoms with E-state index in [1.54, 1.807) is 0 Å². The van der Waals surface area contributed by atoms with Gasteiger partial charge in [-0.25, -0.2) is 0 Å². The Morgan fingerprint density at radius 3 is 2.29 bits per heavy atom. The summed E-state index contributed by atoms with van der Waals surface area (Å²) in [6.45, 7) is 6.37. The molecule has 2 atom stereocenters. The van der Waals surface area contributed by atoms with Gasteiger partial charge >= 0.3 is 5.97 Å². The van der Waals surface area contributed by atoms with Gasteiger partial charge in [0.05, 0.1) is 0 Å². The van der Waals surface area contributed by atoms with Gasteiger partial charge in [0.25, 0.3) is 0 Å². The summed E-state index contributed by atoms with van der Waals surface area (Å²) in [6, 6.07) is 8.34. The van der Waals surface area contributed by atoms with Crippen molar-refractivity contribution < 1.29 is 14.7 Å². The number of benzene rings is 1. The quantitative estimate of drug-likeness (QED) is 0.774. The molecule has 4 nitrogen and oxygen atoms in total. The maximum absolute atomic E-state index is 11.9. The third kappa shape index (κ3) is 6.43. The first kappa shape index (κ1) is 17.2. The van der Waals surface area contributed by atoms with Gasteiger partial charge in [-0.05, 0) is 29.4 Å². The highest BCUT2D eigenvalue weighted by atomic mass is 16.4. The van der Waals surface area contributed by atoms with Gasteiger partial charge in [0, 0.05) is 19.4 Å². The maximum atomic E-state index is 11.9. The Hall–Kier alpha value is -1.84. The number of nitrogens with one attached hydrogen (secondary N) is 1. The number of amides is 1. The standard InChI is InChI=1S/C17H25NO3/c1-4-14-5-7-15(8-6-14)13(3)10-16(19)18-11-12(2)9-17(20)21/h5-8,12-13H,4,9-11H2,1-3H3,(H,18,19)(H,20,21). The van der Waals surface area contributed by atoms with Crippen molar-refractivity contribution in [2.75, 3.05) is 6.54 Å². The molecule has 21 heavy (non-hydrogen) atoms. The second-order valence-corrected chi connectivity index (χ2v) is 5.71. The van der Waals surface area contributed by atoms with Crippen molar-refractivity contribution in [2.45, 2.75) is 46.0 Å². The van der Waals surface area contributed by atoms with Crippen molar-refractivity contribution in [3.05, 3.63) is 35.4 Å². The van der Waals surface area contributed by atoms with Gasteiger partial charge in [-0.3, -0.25) is 9.59 Å². The van der Waals surface area contributed by atoms with Crippen molar-refractivity contribution in [1.29, 1.82) is 0 Å². The zero-order chi connectivity index (χ0) is 15.8. The number of carbonyl (C=O) groups is 2. The minimum absolute atomic E-state index is 0.0284. The van der Waals surface area contributed by atoms with E-state index in [9.17, 15) is 9.59 Å². The van der Waals surface area contributed by atoms with E-state index in [1.807, 2.05) is 13.8 Å². The van der Waals surface area contributed by atoms with Gasteiger partial charge in [0.2, 0.25) is 5.91 Å². The van der Waals surface area contributed by atoms with Crippen LogP contribution in [0.4, 0.5) is 0 Å². The van der Waals surface area contributed by atoms with Crippen molar-refractivity contribution in [3.8, 4) is 0 Å². The van der Waals surface area contributed by atoms with E-state index < -0.39 is 5.97 Å². The highest BCUT2D eigenvalue weighted by molar-refractivity contribution is 5.77. The molecule has 0 aliphatic carbocycles. The van der Waals surface area contributed by atoms with Crippen LogP contribution in [0.5, 0.6) is 0 Å². The molecule has 116 valence electrons. The molecule has 1 amide bonds. The molecule has 1 rings (SSSR count). The predicted octanol–water partition coefficient (Wildman–Crippen LogP) is 2.97. The van der Waals surface area contributed by atoms with E-state index in [4.69, 9.17) is 5.11 Å². The van der Waals surface area contributed by atoms with Crippen LogP contribution >= 0.6 is 0 Å². The first-order valence-corrected chi connectivity index (χ1v) is 7.49. The van der Waals surface area contributed by atoms with Crippen molar-refractivity contribution in [3.63, 3.8) is 0 Å². The average Bonchev–Trinajstić information content (AvgIpc) is 2.44. The topological polar surface area (TPSA) is 66.4 Å². The lowest BCUT2D eigenvalue weighted by Crippen LogP contribution is -2.29. The Bertz CT molecular complexity index is 467. The van der Waals surface area contributed by atoms with Crippen molar-refractivity contribution >= 4 is 11.9 Å². The second kappa shape index (κ2) is 8.45. The largest absolute Gasteiger partial charge is 0.481 e. The summed E-state index contributed by atoms with van der Waals surface area (Å²) in [5.74, 6) is -0.753. The molecule has 0 bridgehead atoms. The van der Waals surface area contributed by atoms with Crippen LogP contribution < -0.4 is 5.32 Å². The van der Waals surface area contributed by atoms with Gasteiger partial charge in [-0.2, -0.15) is 0 Å². The molecule has 4 heteroatoms. The Morgan fingerprint density at radius 2 is 1.76 bits per heavy atom. The minimum atomic E-state index is -0.832. The van der Waals surface area contributed by atoms with E-state index in [-0.39, 0.29) is 24.2 Å². The lowest BCUT2D eigenvalue weighted by molar-refractivity contribution is -0.138. The molecule has 2 N–H and O–H groups in total. The molecule has 0 radical (unpaired) electrons. The Labute approximate surface area is 126 Å². The zero-order valence-corrected chi connectivity index (χ0v) is 13.1. The van der Waals surface area contributed by atoms with Crippen LogP contribution in [0.1, 0.15) is 50.7 Å². The third-order valence-corrected chi connectivity index (χ3v) is 3.62. The molecule has 0 spiro atoms. The number of carboxylic acid groups (broad SMARTS) is 1. The normalized spacial score (nSPS) is 13.5. The number of hydrogen-bond donors (Lipinski definition) is 2. The number of rotatable bonds is 8. The van der Waals surface area contributed by atoms with E-state index in [0.717, 1.165) is 12.0 Å². The number of aliphatic carboxylic acids is 1. The van der Waals surface area contributed by atoms with E-state index >= 15 is 0 Å². The number of carboxylic acids is 1. The molecule has 0 aliphatic rings. The van der Waals surface area contributed by atoms with Gasteiger partial charge in [0.15, 0.2) is 0 Å². The fraction of sp³-hybridized carbons (Fsp3) is 0.529. The fourth-order valence-electron chi connectivity index (χ4n) is 2.21. The number of carbonyl (C=O) groups excluding carboxylic acids is 1. The number of hydrogen-bond acceptors (Lipinski definition) is 2. The van der Waals surface area contributed by atoms with Crippen LogP contribution in [-0.2, 0) is 16.0 Å². The SMILES string of the molecule is CCc1ccc(C(C)CC(=O)NCC(C)CC(=O)O)cc1. The summed E-state index contributed by atoms with van der Waals surface area (Å²) in [7, 11) is 0. The molecule has 0 aromatic heterocycles. The molecule has 1 aromatic carbocycles. The third-order valence-electron chi connectivity index (χ3n) is 3.62. The van der Waals surface area contributed by atoms with Crippen LogP contribution in [0.15, 0.2) is 24.3 Å². The molecule has 0 aliphatic heterocycles. The van der Waals surface area contributed by atoms with Gasteiger partial charge in [0.1, 0.15) is 0 Å². The fourth-order valence-corrected chi connectivity index (χ4v) is 2.21. The van der Waals surface area contributed by atoms with Gasteiger partial charge in [-0.1, -0.05) is 45.0 Å². The molecular weight excluding hydrogens is 266 g/mol. The monoisotopic (exact) mass is 291 g/mol. The number of aryl methyl sites for hydroxylation is 1. The summed E-state index contributed by atoms with van der Waals surface area (Å²) < 4.78 is 0. The highest BCUT2D eigenvalue weighted by Gasteiger charge is 2.13. The Morgan fingerprint density at radius 1 is 1.14 bits per heavy atom. The van der Waals surface area contributed by atoms with E-state index in [1.165, 1.54) is 5.56 Å². The van der Waals surface area contributed by atoms with Gasteiger partial charge < -0.3 is 10.4 Å². The van der Waals surface area contributed by atoms with E-state index in [2.05, 4.69) is 36.5 Å². The van der Waals surface area contributed by atoms with Crippen molar-refractivity contribution in [2.24, 2.45) is 5.92 Å².